The van der Waals surface area contributed by atoms with Crippen molar-refractivity contribution in [2.24, 2.45) is 0 Å². The Kier molecular flexibility index (Phi) is 2.89. The van der Waals surface area contributed by atoms with E-state index in [0.29, 0.717) is 5.82 Å². The van der Waals surface area contributed by atoms with Crippen LogP contribution >= 0.6 is 0 Å². The lowest BCUT2D eigenvalue weighted by atomic mass is 10.2. The summed E-state index contributed by atoms with van der Waals surface area (Å²) in [5.74, 6) is 1.35. The van der Waals surface area contributed by atoms with E-state index in [-0.39, 0.29) is 5.92 Å². The smallest absolute Gasteiger partial charge is 0.412 e. The maximum Gasteiger partial charge on any atom is 0.412 e. The number of anilines is 1. The second kappa shape index (κ2) is 3.93. The van der Waals surface area contributed by atoms with Crippen LogP contribution in [0.15, 0.2) is 10.6 Å². The first-order valence-electron chi connectivity index (χ1n) is 3.95. The van der Waals surface area contributed by atoms with Gasteiger partial charge in [-0.25, -0.2) is 4.79 Å². The molecule has 5 nitrogen and oxygen atoms in total. The predicted molar refractivity (Wildman–Crippen MR) is 46.6 cm³/mol. The molecule has 0 unspecified atom stereocenters. The van der Waals surface area contributed by atoms with E-state index in [9.17, 15) is 4.79 Å². The van der Waals surface area contributed by atoms with Crippen LogP contribution in [0.2, 0.25) is 0 Å². The van der Waals surface area contributed by atoms with E-state index in [4.69, 9.17) is 4.52 Å². The fourth-order valence-electron chi connectivity index (χ4n) is 0.776. The topological polar surface area (TPSA) is 64.4 Å². The second-order valence-electron chi connectivity index (χ2n) is 2.89. The summed E-state index contributed by atoms with van der Waals surface area (Å²) in [5.41, 5.74) is 0. The average Bonchev–Trinajstić information content (AvgIpc) is 2.52. The van der Waals surface area contributed by atoms with Crippen LogP contribution in [-0.4, -0.2) is 18.4 Å². The van der Waals surface area contributed by atoms with Crippen molar-refractivity contribution in [3.05, 3.63) is 11.8 Å². The molecule has 13 heavy (non-hydrogen) atoms. The third-order valence-electron chi connectivity index (χ3n) is 1.51. The van der Waals surface area contributed by atoms with Gasteiger partial charge in [-0.2, -0.15) is 0 Å². The van der Waals surface area contributed by atoms with Crippen LogP contribution in [0, 0.1) is 0 Å². The van der Waals surface area contributed by atoms with E-state index in [1.54, 1.807) is 6.07 Å². The molecule has 1 amide bonds. The van der Waals surface area contributed by atoms with Gasteiger partial charge in [-0.05, 0) is 0 Å². The molecular formula is C8H12N2O3. The second-order valence-corrected chi connectivity index (χ2v) is 2.89. The van der Waals surface area contributed by atoms with E-state index < -0.39 is 6.09 Å². The number of carbonyl (C=O) groups is 1. The monoisotopic (exact) mass is 184 g/mol. The fraction of sp³-hybridized carbons (Fsp3) is 0.500. The van der Waals surface area contributed by atoms with Gasteiger partial charge in [-0.3, -0.25) is 5.32 Å². The predicted octanol–water partition coefficient (Wildman–Crippen LogP) is 1.98. The minimum atomic E-state index is -0.552. The number of hydrogen-bond acceptors (Lipinski definition) is 4. The zero-order chi connectivity index (χ0) is 9.84. The van der Waals surface area contributed by atoms with Crippen LogP contribution in [0.1, 0.15) is 25.5 Å². The highest BCUT2D eigenvalue weighted by Crippen LogP contribution is 2.17. The Morgan fingerprint density at radius 3 is 2.85 bits per heavy atom. The first-order valence-corrected chi connectivity index (χ1v) is 3.95. The molecule has 0 radical (unpaired) electrons. The first-order chi connectivity index (χ1) is 6.13. The first kappa shape index (κ1) is 9.57. The molecule has 5 heteroatoms. The van der Waals surface area contributed by atoms with Gasteiger partial charge in [0.25, 0.3) is 0 Å². The number of rotatable bonds is 2. The number of ether oxygens (including phenoxy) is 1. The number of nitrogens with zero attached hydrogens (tertiary/aromatic N) is 1. The molecule has 72 valence electrons. The van der Waals surface area contributed by atoms with E-state index in [1.165, 1.54) is 7.11 Å². The van der Waals surface area contributed by atoms with Gasteiger partial charge in [0.2, 0.25) is 0 Å². The summed E-state index contributed by atoms with van der Waals surface area (Å²) in [5, 5.41) is 6.04. The van der Waals surface area contributed by atoms with Crippen LogP contribution in [0.25, 0.3) is 0 Å². The van der Waals surface area contributed by atoms with E-state index in [0.717, 1.165) is 5.76 Å². The van der Waals surface area contributed by atoms with Gasteiger partial charge in [0.05, 0.1) is 7.11 Å². The molecule has 1 heterocycles. The summed E-state index contributed by atoms with van der Waals surface area (Å²) in [6.45, 7) is 3.95. The Balaban J connectivity index is 2.64. The molecule has 0 bridgehead atoms. The van der Waals surface area contributed by atoms with Gasteiger partial charge in [0.1, 0.15) is 5.76 Å². The number of methoxy groups -OCH3 is 1. The number of amides is 1. The Morgan fingerprint density at radius 1 is 1.69 bits per heavy atom. The normalized spacial score (nSPS) is 10.2. The standard InChI is InChI=1S/C8H12N2O3/c1-5(2)6-4-7(10-13-6)9-8(11)12-3/h4-5H,1-3H3,(H,9,10,11). The van der Waals surface area contributed by atoms with Gasteiger partial charge in [-0.1, -0.05) is 19.0 Å². The molecule has 0 atom stereocenters. The molecule has 0 aliphatic heterocycles. The van der Waals surface area contributed by atoms with Crippen molar-refractivity contribution in [3.63, 3.8) is 0 Å². The summed E-state index contributed by atoms with van der Waals surface area (Å²) in [6.07, 6.45) is -0.552. The number of carbonyl (C=O) groups excluding carboxylic acids is 1. The van der Waals surface area contributed by atoms with Crippen molar-refractivity contribution in [1.29, 1.82) is 0 Å². The largest absolute Gasteiger partial charge is 0.453 e. The van der Waals surface area contributed by atoms with Crippen molar-refractivity contribution < 1.29 is 14.1 Å². The van der Waals surface area contributed by atoms with Crippen molar-refractivity contribution in [2.75, 3.05) is 12.4 Å². The molecule has 1 N–H and O–H groups in total. The third-order valence-corrected chi connectivity index (χ3v) is 1.51. The molecule has 0 aliphatic carbocycles. The summed E-state index contributed by atoms with van der Waals surface area (Å²) < 4.78 is 9.34. The molecular weight excluding hydrogens is 172 g/mol. The van der Waals surface area contributed by atoms with Crippen molar-refractivity contribution in [1.82, 2.24) is 5.16 Å². The summed E-state index contributed by atoms with van der Waals surface area (Å²) >= 11 is 0. The summed E-state index contributed by atoms with van der Waals surface area (Å²) in [7, 11) is 1.29. The highest BCUT2D eigenvalue weighted by atomic mass is 16.5. The molecule has 1 aromatic rings. The lowest BCUT2D eigenvalue weighted by Gasteiger charge is -1.96. The Morgan fingerprint density at radius 2 is 2.38 bits per heavy atom. The van der Waals surface area contributed by atoms with Gasteiger partial charge < -0.3 is 9.26 Å². The van der Waals surface area contributed by atoms with Crippen molar-refractivity contribution in [3.8, 4) is 0 Å². The maximum atomic E-state index is 10.7. The molecule has 1 aromatic heterocycles. The third kappa shape index (κ3) is 2.47. The van der Waals surface area contributed by atoms with Crippen molar-refractivity contribution in [2.45, 2.75) is 19.8 Å². The van der Waals surface area contributed by atoms with E-state index in [1.807, 2.05) is 13.8 Å². The molecule has 0 aromatic carbocycles. The molecule has 0 saturated carbocycles. The van der Waals surface area contributed by atoms with Crippen molar-refractivity contribution >= 4 is 11.9 Å². The molecule has 0 saturated heterocycles. The van der Waals surface area contributed by atoms with E-state index >= 15 is 0 Å². The minimum Gasteiger partial charge on any atom is -0.453 e. The lowest BCUT2D eigenvalue weighted by molar-refractivity contribution is 0.186. The lowest BCUT2D eigenvalue weighted by Crippen LogP contribution is -2.10. The van der Waals surface area contributed by atoms with Gasteiger partial charge in [0, 0.05) is 12.0 Å². The quantitative estimate of drug-likeness (QED) is 0.763. The van der Waals surface area contributed by atoms with Crippen LogP contribution in [-0.2, 0) is 4.74 Å². The Labute approximate surface area is 76.0 Å². The van der Waals surface area contributed by atoms with Crippen LogP contribution in [0.3, 0.4) is 0 Å². The van der Waals surface area contributed by atoms with Crippen LogP contribution < -0.4 is 5.32 Å². The van der Waals surface area contributed by atoms with Gasteiger partial charge in [-0.15, -0.1) is 0 Å². The van der Waals surface area contributed by atoms with Crippen LogP contribution in [0.4, 0.5) is 10.6 Å². The van der Waals surface area contributed by atoms with Crippen LogP contribution in [0.5, 0.6) is 0 Å². The number of nitrogens with one attached hydrogen (secondary N) is 1. The zero-order valence-electron chi connectivity index (χ0n) is 7.83. The number of aromatic nitrogens is 1. The highest BCUT2D eigenvalue weighted by molar-refractivity contribution is 5.83. The highest BCUT2D eigenvalue weighted by Gasteiger charge is 2.09. The van der Waals surface area contributed by atoms with Gasteiger partial charge in [0.15, 0.2) is 5.82 Å². The fourth-order valence-corrected chi connectivity index (χ4v) is 0.776. The molecule has 1 rings (SSSR count). The Bertz CT molecular complexity index is 293. The number of hydrogen-bond donors (Lipinski definition) is 1. The minimum absolute atomic E-state index is 0.251. The maximum absolute atomic E-state index is 10.7. The average molecular weight is 184 g/mol. The SMILES string of the molecule is COC(=O)Nc1cc(C(C)C)on1. The summed E-state index contributed by atoms with van der Waals surface area (Å²) in [6, 6.07) is 1.67. The summed E-state index contributed by atoms with van der Waals surface area (Å²) in [4.78, 5) is 10.7. The molecule has 0 fully saturated rings. The zero-order valence-corrected chi connectivity index (χ0v) is 7.83. The van der Waals surface area contributed by atoms with E-state index in [2.05, 4.69) is 15.2 Å². The van der Waals surface area contributed by atoms with Gasteiger partial charge >= 0.3 is 6.09 Å². The Hall–Kier alpha value is -1.52. The molecule has 0 spiro atoms. The molecule has 0 aliphatic rings.